The number of ketones is 2. The molecule has 0 fully saturated rings. The van der Waals surface area contributed by atoms with Gasteiger partial charge in [-0.2, -0.15) is 0 Å². The number of hydrogen-bond donors (Lipinski definition) is 0. The van der Waals surface area contributed by atoms with Gasteiger partial charge in [0.25, 0.3) is 0 Å². The minimum absolute atomic E-state index is 0.0405. The number of rotatable bonds is 5. The second kappa shape index (κ2) is 12.2. The predicted molar refractivity (Wildman–Crippen MR) is 134 cm³/mol. The highest BCUT2D eigenvalue weighted by Gasteiger charge is 2.37. The molecule has 4 rings (SSSR count). The number of ether oxygens (including phenoxy) is 3. The molecule has 0 bridgehead atoms. The fourth-order valence-electron chi connectivity index (χ4n) is 3.86. The van der Waals surface area contributed by atoms with Crippen LogP contribution in [0.2, 0.25) is 0 Å². The van der Waals surface area contributed by atoms with Crippen molar-refractivity contribution in [2.24, 2.45) is 0 Å². The summed E-state index contributed by atoms with van der Waals surface area (Å²) in [6.45, 7) is 5.09. The second-order valence-electron chi connectivity index (χ2n) is 9.69. The summed E-state index contributed by atoms with van der Waals surface area (Å²) >= 11 is 11.4. The summed E-state index contributed by atoms with van der Waals surface area (Å²) in [6.07, 6.45) is 0.763. The molecule has 0 spiro atoms. The van der Waals surface area contributed by atoms with Crippen molar-refractivity contribution in [1.29, 1.82) is 0 Å². The van der Waals surface area contributed by atoms with Crippen molar-refractivity contribution >= 4 is 40.7 Å². The molecule has 200 valence electrons. The molecule has 10 heteroatoms. The van der Waals surface area contributed by atoms with Gasteiger partial charge in [-0.05, 0) is 94.0 Å². The van der Waals surface area contributed by atoms with E-state index in [0.29, 0.717) is 42.7 Å². The zero-order valence-electron chi connectivity index (χ0n) is 20.7. The summed E-state index contributed by atoms with van der Waals surface area (Å²) < 4.78 is 42.1. The molecule has 0 amide bonds. The molecule has 0 radical (unpaired) electrons. The number of carbonyl (C=O) groups is 3. The minimum atomic E-state index is -1.41. The quantitative estimate of drug-likeness (QED) is 0.280. The molecule has 2 aliphatic heterocycles. The van der Waals surface area contributed by atoms with E-state index in [9.17, 15) is 23.2 Å². The lowest BCUT2D eigenvalue weighted by atomic mass is 9.98. The van der Waals surface area contributed by atoms with Gasteiger partial charge in [-0.3, -0.25) is 9.59 Å². The highest BCUT2D eigenvalue weighted by atomic mass is 35.5. The van der Waals surface area contributed by atoms with Gasteiger partial charge in [-0.25, -0.2) is 13.6 Å². The maximum Gasteiger partial charge on any atom is 0.332 e. The molecule has 1 unspecified atom stereocenters. The molecule has 2 aromatic carbocycles. The average Bonchev–Trinajstić information content (AvgIpc) is 2.86. The number of fused-ring (bicyclic) bond motifs is 2. The number of alkyl halides is 2. The van der Waals surface area contributed by atoms with Gasteiger partial charge in [0, 0.05) is 0 Å². The van der Waals surface area contributed by atoms with E-state index < -0.39 is 34.9 Å². The molecule has 0 aromatic heterocycles. The number of halogens is 4. The van der Waals surface area contributed by atoms with Crippen molar-refractivity contribution in [1.82, 2.24) is 0 Å². The van der Waals surface area contributed by atoms with Gasteiger partial charge in [0.2, 0.25) is 5.78 Å². The van der Waals surface area contributed by atoms with Crippen molar-refractivity contribution in [2.75, 3.05) is 5.88 Å². The van der Waals surface area contributed by atoms with Crippen LogP contribution in [0.25, 0.3) is 0 Å². The van der Waals surface area contributed by atoms with E-state index in [1.165, 1.54) is 30.3 Å². The third kappa shape index (κ3) is 7.89. The van der Waals surface area contributed by atoms with Crippen LogP contribution in [-0.4, -0.2) is 46.6 Å². The molecular weight excluding hydrogens is 529 g/mol. The van der Waals surface area contributed by atoms with Gasteiger partial charge in [-0.15, -0.1) is 23.2 Å². The van der Waals surface area contributed by atoms with Crippen LogP contribution in [0.15, 0.2) is 36.4 Å². The van der Waals surface area contributed by atoms with Crippen LogP contribution in [0.4, 0.5) is 8.78 Å². The average molecular weight is 557 g/mol. The first kappa shape index (κ1) is 28.9. The summed E-state index contributed by atoms with van der Waals surface area (Å²) in [5.41, 5.74) is 0.795. The number of hydrogen-bond acceptors (Lipinski definition) is 6. The molecule has 0 saturated carbocycles. The van der Waals surface area contributed by atoms with Crippen molar-refractivity contribution in [3.63, 3.8) is 0 Å². The van der Waals surface area contributed by atoms with Crippen LogP contribution in [0, 0.1) is 11.6 Å². The van der Waals surface area contributed by atoms with Gasteiger partial charge in [0.05, 0.1) is 5.88 Å². The lowest BCUT2D eigenvalue weighted by Crippen LogP contribution is -2.42. The SMILES string of the molecule is CC(C)(C)OC(=O)C(Cl)C(=O)[C@H]1CCc2cc(F)ccc2O1.O=C(CCl)[C@H]1CCc2cc(F)ccc2O1. The molecule has 3 atom stereocenters. The second-order valence-corrected chi connectivity index (χ2v) is 10.4. The van der Waals surface area contributed by atoms with Crippen molar-refractivity contribution in [3.05, 3.63) is 59.2 Å². The summed E-state index contributed by atoms with van der Waals surface area (Å²) in [4.78, 5) is 35.4. The van der Waals surface area contributed by atoms with E-state index in [0.717, 1.165) is 5.56 Å². The zero-order valence-corrected chi connectivity index (χ0v) is 22.2. The third-order valence-electron chi connectivity index (χ3n) is 5.61. The molecule has 2 aromatic rings. The van der Waals surface area contributed by atoms with Gasteiger partial charge < -0.3 is 14.2 Å². The Bertz CT molecular complexity index is 1160. The molecule has 37 heavy (non-hydrogen) atoms. The summed E-state index contributed by atoms with van der Waals surface area (Å²) in [6, 6.07) is 8.43. The molecule has 0 N–H and O–H groups in total. The van der Waals surface area contributed by atoms with Crippen molar-refractivity contribution in [2.45, 2.75) is 69.6 Å². The molecule has 2 aliphatic rings. The topological polar surface area (TPSA) is 78.9 Å². The molecule has 0 saturated heterocycles. The minimum Gasteiger partial charge on any atom is -0.482 e. The van der Waals surface area contributed by atoms with Crippen LogP contribution in [0.5, 0.6) is 11.5 Å². The zero-order chi connectivity index (χ0) is 27.3. The standard InChI is InChI=1S/C16H18ClFO4.C11H10ClFO2/c1-16(2,3)22-15(20)13(17)14(19)12-6-4-9-8-10(18)5-7-11(9)21-12;12-6-9(14)11-3-1-7-5-8(13)2-4-10(7)15-11/h5,7-8,12-13H,4,6H2,1-3H3;2,4-5,11H,1,3,6H2/t12-,13?;11-/m11/s1. The van der Waals surface area contributed by atoms with E-state index in [4.69, 9.17) is 37.4 Å². The first-order valence-electron chi connectivity index (χ1n) is 11.8. The van der Waals surface area contributed by atoms with Gasteiger partial charge >= 0.3 is 5.97 Å². The number of Topliss-reactive ketones (excluding diaryl/α,β-unsaturated/α-hetero) is 2. The van der Waals surface area contributed by atoms with Crippen LogP contribution in [0.3, 0.4) is 0 Å². The van der Waals surface area contributed by atoms with Crippen LogP contribution in [0.1, 0.15) is 44.7 Å². The van der Waals surface area contributed by atoms with E-state index in [1.807, 2.05) is 0 Å². The number of carbonyl (C=O) groups excluding carboxylic acids is 3. The Kier molecular flexibility index (Phi) is 9.53. The predicted octanol–water partition coefficient (Wildman–Crippen LogP) is 5.36. The Morgan fingerprint density at radius 2 is 1.43 bits per heavy atom. The van der Waals surface area contributed by atoms with Gasteiger partial charge in [0.1, 0.15) is 28.7 Å². The molecular formula is C27H28Cl2F2O6. The smallest absolute Gasteiger partial charge is 0.332 e. The maximum atomic E-state index is 13.1. The highest BCUT2D eigenvalue weighted by molar-refractivity contribution is 6.41. The first-order valence-corrected chi connectivity index (χ1v) is 12.7. The molecule has 2 heterocycles. The fraction of sp³-hybridized carbons (Fsp3) is 0.444. The lowest BCUT2D eigenvalue weighted by molar-refractivity contribution is -0.156. The lowest BCUT2D eigenvalue weighted by Gasteiger charge is -2.27. The third-order valence-corrected chi connectivity index (χ3v) is 6.26. The fourth-order valence-corrected chi connectivity index (χ4v) is 4.22. The highest BCUT2D eigenvalue weighted by Crippen LogP contribution is 2.30. The molecule has 0 aliphatic carbocycles. The van der Waals surface area contributed by atoms with E-state index in [2.05, 4.69) is 0 Å². The van der Waals surface area contributed by atoms with Crippen LogP contribution in [-0.2, 0) is 32.0 Å². The van der Waals surface area contributed by atoms with E-state index in [-0.39, 0.29) is 23.3 Å². The van der Waals surface area contributed by atoms with Gasteiger partial charge in [-0.1, -0.05) is 0 Å². The van der Waals surface area contributed by atoms with Gasteiger partial charge in [0.15, 0.2) is 23.4 Å². The first-order chi connectivity index (χ1) is 17.4. The van der Waals surface area contributed by atoms with Crippen molar-refractivity contribution < 1.29 is 37.4 Å². The van der Waals surface area contributed by atoms with E-state index in [1.54, 1.807) is 26.8 Å². The van der Waals surface area contributed by atoms with Crippen LogP contribution < -0.4 is 9.47 Å². The summed E-state index contributed by atoms with van der Waals surface area (Å²) in [5.74, 6) is -1.08. The largest absolute Gasteiger partial charge is 0.482 e. The number of benzene rings is 2. The van der Waals surface area contributed by atoms with Crippen LogP contribution >= 0.6 is 23.2 Å². The Hall–Kier alpha value is -2.71. The van der Waals surface area contributed by atoms with E-state index >= 15 is 0 Å². The normalized spacial score (nSPS) is 19.0. The maximum absolute atomic E-state index is 13.1. The summed E-state index contributed by atoms with van der Waals surface area (Å²) in [5, 5.41) is -1.41. The number of esters is 1. The summed E-state index contributed by atoms with van der Waals surface area (Å²) in [7, 11) is 0. The Morgan fingerprint density at radius 3 is 1.92 bits per heavy atom. The molecule has 6 nitrogen and oxygen atoms in total. The Morgan fingerprint density at radius 1 is 0.946 bits per heavy atom. The number of aryl methyl sites for hydroxylation is 2. The Balaban J connectivity index is 0.000000220. The monoisotopic (exact) mass is 556 g/mol. The Labute approximate surface area is 224 Å². The van der Waals surface area contributed by atoms with Crippen molar-refractivity contribution in [3.8, 4) is 11.5 Å².